The highest BCUT2D eigenvalue weighted by atomic mass is 32.2. The third kappa shape index (κ3) is 14.3. The third-order valence-corrected chi connectivity index (χ3v) is 4.73. The lowest BCUT2D eigenvalue weighted by atomic mass is 10.0. The van der Waals surface area contributed by atoms with Crippen LogP contribution >= 0.6 is 0 Å². The van der Waals surface area contributed by atoms with Gasteiger partial charge in [-0.2, -0.15) is 0 Å². The second kappa shape index (κ2) is 14.5. The molecule has 0 fully saturated rings. The SMILES string of the molecule is CCCCCCCCCCCCCCC(C)S(=O)O. The lowest BCUT2D eigenvalue weighted by Crippen LogP contribution is -2.08. The van der Waals surface area contributed by atoms with Crippen molar-refractivity contribution in [2.24, 2.45) is 0 Å². The molecule has 0 aromatic carbocycles. The summed E-state index contributed by atoms with van der Waals surface area (Å²) in [4.78, 5) is 0. The summed E-state index contributed by atoms with van der Waals surface area (Å²) in [7, 11) is 0. The molecule has 1 N–H and O–H groups in total. The van der Waals surface area contributed by atoms with Gasteiger partial charge in [-0.1, -0.05) is 84.0 Å². The predicted molar refractivity (Wildman–Crippen MR) is 85.9 cm³/mol. The Hall–Kier alpha value is 0.110. The summed E-state index contributed by atoms with van der Waals surface area (Å²) >= 11 is -1.63. The van der Waals surface area contributed by atoms with Gasteiger partial charge in [-0.3, -0.25) is 0 Å². The monoisotopic (exact) mass is 290 g/mol. The zero-order valence-electron chi connectivity index (χ0n) is 13.0. The van der Waals surface area contributed by atoms with Gasteiger partial charge < -0.3 is 4.55 Å². The smallest absolute Gasteiger partial charge is 0.155 e. The van der Waals surface area contributed by atoms with E-state index in [9.17, 15) is 4.21 Å². The minimum atomic E-state index is -1.63. The fraction of sp³-hybridized carbons (Fsp3) is 1.00. The van der Waals surface area contributed by atoms with Gasteiger partial charge in [0, 0.05) is 0 Å². The fourth-order valence-electron chi connectivity index (χ4n) is 2.37. The molecule has 0 bridgehead atoms. The molecule has 0 heterocycles. The molecule has 2 nitrogen and oxygen atoms in total. The summed E-state index contributed by atoms with van der Waals surface area (Å²) in [5.41, 5.74) is 0. The molecule has 3 heteroatoms. The molecule has 2 unspecified atom stereocenters. The number of hydrogen-bond donors (Lipinski definition) is 1. The summed E-state index contributed by atoms with van der Waals surface area (Å²) in [5.74, 6) is 0. The summed E-state index contributed by atoms with van der Waals surface area (Å²) in [6.07, 6.45) is 17.0. The van der Waals surface area contributed by atoms with Crippen LogP contribution in [0.25, 0.3) is 0 Å². The maximum atomic E-state index is 10.7. The van der Waals surface area contributed by atoms with E-state index in [0.29, 0.717) is 0 Å². The average Bonchev–Trinajstić information content (AvgIpc) is 2.39. The lowest BCUT2D eigenvalue weighted by molar-refractivity contribution is 0.523. The van der Waals surface area contributed by atoms with Crippen LogP contribution in [0.1, 0.15) is 97.3 Å². The van der Waals surface area contributed by atoms with Crippen molar-refractivity contribution in [3.63, 3.8) is 0 Å². The Morgan fingerprint density at radius 1 is 0.789 bits per heavy atom. The topological polar surface area (TPSA) is 37.3 Å². The Morgan fingerprint density at radius 3 is 1.53 bits per heavy atom. The Balaban J connectivity index is 3.05. The van der Waals surface area contributed by atoms with E-state index in [4.69, 9.17) is 4.55 Å². The molecular weight excluding hydrogens is 256 g/mol. The number of hydrogen-bond acceptors (Lipinski definition) is 1. The average molecular weight is 291 g/mol. The number of unbranched alkanes of at least 4 members (excludes halogenated alkanes) is 11. The normalized spacial score (nSPS) is 14.5. The van der Waals surface area contributed by atoms with Crippen LogP contribution in [0.3, 0.4) is 0 Å². The third-order valence-electron chi connectivity index (χ3n) is 3.81. The van der Waals surface area contributed by atoms with Gasteiger partial charge in [0.1, 0.15) is 0 Å². The van der Waals surface area contributed by atoms with E-state index in [1.165, 1.54) is 70.6 Å². The van der Waals surface area contributed by atoms with Crippen LogP contribution in [-0.4, -0.2) is 14.0 Å². The first-order chi connectivity index (χ1) is 9.18. The van der Waals surface area contributed by atoms with Gasteiger partial charge in [-0.05, 0) is 13.3 Å². The molecular formula is C16H34O2S. The Labute approximate surface area is 123 Å². The zero-order valence-corrected chi connectivity index (χ0v) is 13.8. The Kier molecular flexibility index (Phi) is 14.6. The molecule has 0 rings (SSSR count). The maximum absolute atomic E-state index is 10.7. The number of rotatable bonds is 14. The van der Waals surface area contributed by atoms with Crippen LogP contribution in [0.2, 0.25) is 0 Å². The van der Waals surface area contributed by atoms with Crippen molar-refractivity contribution >= 4 is 11.1 Å². The van der Waals surface area contributed by atoms with Crippen molar-refractivity contribution in [1.29, 1.82) is 0 Å². The molecule has 0 saturated heterocycles. The first-order valence-corrected chi connectivity index (χ1v) is 9.45. The second-order valence-electron chi connectivity index (χ2n) is 5.76. The van der Waals surface area contributed by atoms with Crippen LogP contribution in [0.15, 0.2) is 0 Å². The van der Waals surface area contributed by atoms with E-state index < -0.39 is 11.1 Å². The summed E-state index contributed by atoms with van der Waals surface area (Å²) in [5, 5.41) is -0.0527. The largest absolute Gasteiger partial charge is 0.306 e. The van der Waals surface area contributed by atoms with Gasteiger partial charge in [-0.25, -0.2) is 4.21 Å². The zero-order chi connectivity index (χ0) is 14.3. The van der Waals surface area contributed by atoms with Gasteiger partial charge in [0.2, 0.25) is 0 Å². The summed E-state index contributed by atoms with van der Waals surface area (Å²) < 4.78 is 19.6. The van der Waals surface area contributed by atoms with Gasteiger partial charge in [0.15, 0.2) is 11.1 Å². The molecule has 0 aromatic heterocycles. The first-order valence-electron chi connectivity index (χ1n) is 8.28. The summed E-state index contributed by atoms with van der Waals surface area (Å²) in [6, 6.07) is 0. The van der Waals surface area contributed by atoms with E-state index in [-0.39, 0.29) is 5.25 Å². The fourth-order valence-corrected chi connectivity index (χ4v) is 2.74. The quantitative estimate of drug-likeness (QED) is 0.330. The molecule has 19 heavy (non-hydrogen) atoms. The highest BCUT2D eigenvalue weighted by Gasteiger charge is 2.06. The van der Waals surface area contributed by atoms with Crippen LogP contribution in [0.5, 0.6) is 0 Å². The molecule has 0 aromatic rings. The predicted octanol–water partition coefficient (Wildman–Crippen LogP) is 5.69. The van der Waals surface area contributed by atoms with Gasteiger partial charge in [0.05, 0.1) is 5.25 Å². The van der Waals surface area contributed by atoms with E-state index in [1.54, 1.807) is 0 Å². The Bertz CT molecular complexity index is 207. The van der Waals surface area contributed by atoms with E-state index >= 15 is 0 Å². The summed E-state index contributed by atoms with van der Waals surface area (Å²) in [6.45, 7) is 4.12. The van der Waals surface area contributed by atoms with E-state index in [0.717, 1.165) is 12.8 Å². The highest BCUT2D eigenvalue weighted by molar-refractivity contribution is 7.79. The minimum absolute atomic E-state index is 0.0527. The van der Waals surface area contributed by atoms with Crippen molar-refractivity contribution < 1.29 is 8.76 Å². The molecule has 0 spiro atoms. The first kappa shape index (κ1) is 19.1. The van der Waals surface area contributed by atoms with E-state index in [2.05, 4.69) is 6.92 Å². The van der Waals surface area contributed by atoms with Crippen molar-refractivity contribution in [3.05, 3.63) is 0 Å². The van der Waals surface area contributed by atoms with Crippen LogP contribution in [-0.2, 0) is 11.1 Å². The maximum Gasteiger partial charge on any atom is 0.155 e. The van der Waals surface area contributed by atoms with Crippen LogP contribution in [0, 0.1) is 0 Å². The van der Waals surface area contributed by atoms with Gasteiger partial charge in [-0.15, -0.1) is 0 Å². The molecule has 0 aliphatic rings. The molecule has 0 radical (unpaired) electrons. The highest BCUT2D eigenvalue weighted by Crippen LogP contribution is 2.13. The molecule has 0 aliphatic carbocycles. The van der Waals surface area contributed by atoms with Crippen molar-refractivity contribution in [3.8, 4) is 0 Å². The lowest BCUT2D eigenvalue weighted by Gasteiger charge is -2.06. The van der Waals surface area contributed by atoms with Crippen molar-refractivity contribution in [2.45, 2.75) is 103 Å². The van der Waals surface area contributed by atoms with Crippen molar-refractivity contribution in [2.75, 3.05) is 0 Å². The second-order valence-corrected chi connectivity index (χ2v) is 7.12. The van der Waals surface area contributed by atoms with Gasteiger partial charge in [0.25, 0.3) is 0 Å². The molecule has 116 valence electrons. The minimum Gasteiger partial charge on any atom is -0.306 e. The van der Waals surface area contributed by atoms with Crippen LogP contribution in [0.4, 0.5) is 0 Å². The standard InChI is InChI=1S/C16H34O2S/c1-3-4-5-6-7-8-9-10-11-12-13-14-15-16(2)19(17)18/h16H,3-15H2,1-2H3,(H,17,18). The van der Waals surface area contributed by atoms with Crippen LogP contribution < -0.4 is 0 Å². The van der Waals surface area contributed by atoms with Crippen molar-refractivity contribution in [1.82, 2.24) is 0 Å². The Morgan fingerprint density at radius 2 is 1.16 bits per heavy atom. The molecule has 2 atom stereocenters. The molecule has 0 aliphatic heterocycles. The molecule has 0 amide bonds. The van der Waals surface area contributed by atoms with E-state index in [1.807, 2.05) is 6.92 Å². The molecule has 0 saturated carbocycles. The van der Waals surface area contributed by atoms with Gasteiger partial charge >= 0.3 is 0 Å².